The number of hydrogen-bond donors (Lipinski definition) is 0. The molecule has 0 aromatic heterocycles. The van der Waals surface area contributed by atoms with E-state index in [0.29, 0.717) is 10.8 Å². The maximum Gasteiger partial charge on any atom is -0.0153 e. The lowest BCUT2D eigenvalue weighted by atomic mass is 10.0. The molecule has 0 amide bonds. The summed E-state index contributed by atoms with van der Waals surface area (Å²) in [6.07, 6.45) is 2.86. The Labute approximate surface area is 70.4 Å². The van der Waals surface area contributed by atoms with Gasteiger partial charge >= 0.3 is 0 Å². The van der Waals surface area contributed by atoms with E-state index in [1.807, 2.05) is 0 Å². The van der Waals surface area contributed by atoms with E-state index in [9.17, 15) is 0 Å². The topological polar surface area (TPSA) is 0 Å². The van der Waals surface area contributed by atoms with Crippen molar-refractivity contribution < 1.29 is 0 Å². The van der Waals surface area contributed by atoms with Gasteiger partial charge in [0, 0.05) is 0 Å². The van der Waals surface area contributed by atoms with Gasteiger partial charge in [-0.25, -0.2) is 0 Å². The first-order chi connectivity index (χ1) is 4.90. The van der Waals surface area contributed by atoms with Crippen LogP contribution in [0, 0.1) is 22.2 Å². The van der Waals surface area contributed by atoms with Crippen LogP contribution in [-0.4, -0.2) is 0 Å². The van der Waals surface area contributed by atoms with Gasteiger partial charge in [-0.3, -0.25) is 0 Å². The lowest BCUT2D eigenvalue weighted by Crippen LogP contribution is -1.96. The highest BCUT2D eigenvalue weighted by Gasteiger charge is 2.84. The second kappa shape index (κ2) is 1.53. The van der Waals surface area contributed by atoms with Gasteiger partial charge in [-0.15, -0.1) is 0 Å². The molecule has 2 saturated carbocycles. The van der Waals surface area contributed by atoms with Crippen LogP contribution in [-0.2, 0) is 0 Å². The average Bonchev–Trinajstić information content (AvgIpc) is 2.50. The zero-order valence-corrected chi connectivity index (χ0v) is 8.49. The molecular formula is C11H20. The number of rotatable bonds is 1. The predicted molar refractivity (Wildman–Crippen MR) is 48.4 cm³/mol. The lowest BCUT2D eigenvalue weighted by Gasteiger charge is -2.03. The largest absolute Gasteiger partial charge is 0.0651 e. The van der Waals surface area contributed by atoms with Crippen molar-refractivity contribution in [2.75, 3.05) is 0 Å². The summed E-state index contributed by atoms with van der Waals surface area (Å²) in [6, 6.07) is 0. The third-order valence-corrected chi connectivity index (χ3v) is 4.74. The Hall–Kier alpha value is 0. The summed E-state index contributed by atoms with van der Waals surface area (Å²) in [6.45, 7) is 12.1. The molecule has 0 radical (unpaired) electrons. The Bertz CT molecular complexity index is 200. The van der Waals surface area contributed by atoms with Gasteiger partial charge in [0.1, 0.15) is 0 Å². The highest BCUT2D eigenvalue weighted by atomic mass is 14.9. The van der Waals surface area contributed by atoms with Gasteiger partial charge in [-0.1, -0.05) is 41.0 Å². The summed E-state index contributed by atoms with van der Waals surface area (Å²) < 4.78 is 0. The molecular weight excluding hydrogens is 132 g/mol. The summed E-state index contributed by atoms with van der Waals surface area (Å²) >= 11 is 0. The SMILES string of the molecule is CCC1C(C)(C)C12CC2(C)C. The van der Waals surface area contributed by atoms with Crippen LogP contribution in [0.25, 0.3) is 0 Å². The molecule has 2 aliphatic rings. The fourth-order valence-corrected chi connectivity index (χ4v) is 4.17. The molecule has 0 aliphatic heterocycles. The van der Waals surface area contributed by atoms with Crippen LogP contribution in [0.15, 0.2) is 0 Å². The van der Waals surface area contributed by atoms with Crippen LogP contribution >= 0.6 is 0 Å². The standard InChI is InChI=1S/C11H20/c1-6-8-10(4,5)11(8)7-9(11,2)3/h8H,6-7H2,1-5H3. The maximum atomic E-state index is 2.45. The summed E-state index contributed by atoms with van der Waals surface area (Å²) in [7, 11) is 0. The van der Waals surface area contributed by atoms with Crippen molar-refractivity contribution in [3.8, 4) is 0 Å². The zero-order valence-electron chi connectivity index (χ0n) is 8.49. The van der Waals surface area contributed by atoms with Crippen LogP contribution in [0.2, 0.25) is 0 Å². The van der Waals surface area contributed by atoms with E-state index < -0.39 is 0 Å². The van der Waals surface area contributed by atoms with Crippen molar-refractivity contribution in [3.05, 3.63) is 0 Å². The number of hydrogen-bond acceptors (Lipinski definition) is 0. The Balaban J connectivity index is 2.23. The molecule has 11 heavy (non-hydrogen) atoms. The monoisotopic (exact) mass is 152 g/mol. The van der Waals surface area contributed by atoms with Crippen LogP contribution in [0.1, 0.15) is 47.5 Å². The molecule has 0 bridgehead atoms. The molecule has 0 saturated heterocycles. The van der Waals surface area contributed by atoms with Crippen LogP contribution in [0.5, 0.6) is 0 Å². The fraction of sp³-hybridized carbons (Fsp3) is 1.00. The van der Waals surface area contributed by atoms with Gasteiger partial charge in [-0.05, 0) is 28.6 Å². The highest BCUT2D eigenvalue weighted by Crippen LogP contribution is 2.91. The maximum absolute atomic E-state index is 2.45. The minimum atomic E-state index is 0.658. The molecule has 2 rings (SSSR count). The molecule has 64 valence electrons. The van der Waals surface area contributed by atoms with Gasteiger partial charge < -0.3 is 0 Å². The highest BCUT2D eigenvalue weighted by molar-refractivity contribution is 5.32. The van der Waals surface area contributed by atoms with Gasteiger partial charge in [0.15, 0.2) is 0 Å². The predicted octanol–water partition coefficient (Wildman–Crippen LogP) is 3.47. The first-order valence-corrected chi connectivity index (χ1v) is 4.90. The van der Waals surface area contributed by atoms with Crippen LogP contribution < -0.4 is 0 Å². The molecule has 2 fully saturated rings. The van der Waals surface area contributed by atoms with Crippen molar-refractivity contribution in [1.82, 2.24) is 0 Å². The Morgan fingerprint density at radius 1 is 1.18 bits per heavy atom. The molecule has 0 aromatic carbocycles. The third-order valence-electron chi connectivity index (χ3n) is 4.74. The summed E-state index contributed by atoms with van der Waals surface area (Å²) in [4.78, 5) is 0. The molecule has 0 heteroatoms. The van der Waals surface area contributed by atoms with Gasteiger partial charge in [-0.2, -0.15) is 0 Å². The Kier molecular flexibility index (Phi) is 1.06. The van der Waals surface area contributed by atoms with Crippen molar-refractivity contribution in [2.24, 2.45) is 22.2 Å². The van der Waals surface area contributed by atoms with Gasteiger partial charge in [0.05, 0.1) is 0 Å². The minimum absolute atomic E-state index is 0.658. The van der Waals surface area contributed by atoms with E-state index in [1.165, 1.54) is 12.8 Å². The molecule has 0 aromatic rings. The average molecular weight is 152 g/mol. The first-order valence-electron chi connectivity index (χ1n) is 4.90. The van der Waals surface area contributed by atoms with Crippen molar-refractivity contribution in [2.45, 2.75) is 47.5 Å². The summed E-state index contributed by atoms with van der Waals surface area (Å²) in [5.74, 6) is 1.02. The Morgan fingerprint density at radius 2 is 1.64 bits per heavy atom. The molecule has 0 heterocycles. The van der Waals surface area contributed by atoms with E-state index in [4.69, 9.17) is 0 Å². The van der Waals surface area contributed by atoms with E-state index >= 15 is 0 Å². The van der Waals surface area contributed by atoms with Crippen LogP contribution in [0.3, 0.4) is 0 Å². The smallest absolute Gasteiger partial charge is 0.0153 e. The lowest BCUT2D eigenvalue weighted by molar-refractivity contribution is 0.451. The van der Waals surface area contributed by atoms with Crippen molar-refractivity contribution in [1.29, 1.82) is 0 Å². The second-order valence-electron chi connectivity index (χ2n) is 5.71. The quantitative estimate of drug-likeness (QED) is 0.539. The molecule has 2 aliphatic carbocycles. The third kappa shape index (κ3) is 0.554. The van der Waals surface area contributed by atoms with Crippen molar-refractivity contribution in [3.63, 3.8) is 0 Å². The molecule has 2 unspecified atom stereocenters. The van der Waals surface area contributed by atoms with Gasteiger partial charge in [0.2, 0.25) is 0 Å². The van der Waals surface area contributed by atoms with E-state index in [-0.39, 0.29) is 0 Å². The second-order valence-corrected chi connectivity index (χ2v) is 5.71. The minimum Gasteiger partial charge on any atom is -0.0651 e. The van der Waals surface area contributed by atoms with Crippen molar-refractivity contribution >= 4 is 0 Å². The zero-order chi connectivity index (χ0) is 8.49. The first kappa shape index (κ1) is 7.64. The Morgan fingerprint density at radius 3 is 1.73 bits per heavy atom. The van der Waals surface area contributed by atoms with E-state index in [2.05, 4.69) is 34.6 Å². The summed E-state index contributed by atoms with van der Waals surface area (Å²) in [5.41, 5.74) is 2.08. The molecule has 2 atom stereocenters. The normalized spacial score (nSPS) is 49.4. The van der Waals surface area contributed by atoms with E-state index in [1.54, 1.807) is 0 Å². The molecule has 1 spiro atoms. The fourth-order valence-electron chi connectivity index (χ4n) is 4.17. The van der Waals surface area contributed by atoms with E-state index in [0.717, 1.165) is 11.3 Å². The van der Waals surface area contributed by atoms with Gasteiger partial charge in [0.25, 0.3) is 0 Å². The summed E-state index contributed by atoms with van der Waals surface area (Å²) in [5, 5.41) is 0. The molecule has 0 N–H and O–H groups in total. The molecule has 0 nitrogen and oxygen atoms in total. The van der Waals surface area contributed by atoms with Crippen LogP contribution in [0.4, 0.5) is 0 Å².